The Kier molecular flexibility index (Phi) is 13.8. The molecule has 0 amide bonds. The van der Waals surface area contributed by atoms with E-state index in [1.54, 1.807) is 0 Å². The van der Waals surface area contributed by atoms with Crippen LogP contribution in [0.3, 0.4) is 0 Å². The molecule has 1 saturated heterocycles. The van der Waals surface area contributed by atoms with Gasteiger partial charge in [-0.2, -0.15) is 13.2 Å². The molecule has 0 aromatic heterocycles. The third-order valence-electron chi connectivity index (χ3n) is 8.19. The molecule has 4 rings (SSSR count). The van der Waals surface area contributed by atoms with E-state index in [4.69, 9.17) is 4.84 Å². The SMILES string of the molecule is C=C(O/N=C(\C)Cc1ccc(C)cc1)C1CCN(CCC(N/C(=C/CC)C2CCC2)c2ccccc2)CC1.CC(F)(F)F. The van der Waals surface area contributed by atoms with Crippen LogP contribution in [0.1, 0.15) is 88.4 Å². The first-order valence-corrected chi connectivity index (χ1v) is 15.8. The Morgan fingerprint density at radius 3 is 2.23 bits per heavy atom. The summed E-state index contributed by atoms with van der Waals surface area (Å²) in [4.78, 5) is 8.41. The molecule has 4 nitrogen and oxygen atoms in total. The summed E-state index contributed by atoms with van der Waals surface area (Å²) in [6.07, 6.45) is 7.61. The Morgan fingerprint density at radius 2 is 1.67 bits per heavy atom. The van der Waals surface area contributed by atoms with Gasteiger partial charge in [-0.3, -0.25) is 0 Å². The zero-order valence-corrected chi connectivity index (χ0v) is 26.4. The molecule has 0 radical (unpaired) electrons. The standard InChI is InChI=1S/C34H47N3O.C2H3F3/c1-5-10-33(32-13-9-14-32)35-34(31-11-7-6-8-12-31)21-24-37-22-19-30(20-23-37)28(4)38-36-27(3)25-29-17-15-26(2)16-18-29;1-2(3,4)5/h6-8,10-12,15-18,30,32,34-35H,4-5,9,13-14,19-25H2,1-3H3;1H3/b33-10+,36-27+;. The van der Waals surface area contributed by atoms with E-state index in [0.29, 0.717) is 12.0 Å². The number of likely N-dealkylation sites (tertiary alicyclic amines) is 1. The van der Waals surface area contributed by atoms with Gasteiger partial charge in [-0.1, -0.05) is 91.3 Å². The van der Waals surface area contributed by atoms with Crippen LogP contribution in [0.2, 0.25) is 0 Å². The first-order chi connectivity index (χ1) is 20.5. The van der Waals surface area contributed by atoms with Crippen molar-refractivity contribution in [1.29, 1.82) is 0 Å². The highest BCUT2D eigenvalue weighted by molar-refractivity contribution is 5.83. The summed E-state index contributed by atoms with van der Waals surface area (Å²) in [6, 6.07) is 20.0. The molecule has 1 heterocycles. The Bertz CT molecular complexity index is 1160. The highest BCUT2D eigenvalue weighted by Gasteiger charge is 2.26. The topological polar surface area (TPSA) is 36.9 Å². The van der Waals surface area contributed by atoms with Crippen LogP contribution in [0, 0.1) is 18.8 Å². The average molecular weight is 598 g/mol. The van der Waals surface area contributed by atoms with Crippen LogP contribution in [0.25, 0.3) is 0 Å². The molecule has 1 unspecified atom stereocenters. The summed E-state index contributed by atoms with van der Waals surface area (Å²) in [5.41, 5.74) is 6.37. The number of nitrogens with one attached hydrogen (secondary N) is 1. The maximum Gasteiger partial charge on any atom is 0.386 e. The predicted molar refractivity (Wildman–Crippen MR) is 172 cm³/mol. The molecule has 0 bridgehead atoms. The third-order valence-corrected chi connectivity index (χ3v) is 8.19. The molecule has 1 aliphatic carbocycles. The number of benzene rings is 2. The second-order valence-corrected chi connectivity index (χ2v) is 12.0. The van der Waals surface area contributed by atoms with E-state index in [1.807, 2.05) is 6.92 Å². The van der Waals surface area contributed by atoms with Gasteiger partial charge in [-0.05, 0) is 82.5 Å². The number of hydrogen-bond acceptors (Lipinski definition) is 4. The van der Waals surface area contributed by atoms with Crippen molar-refractivity contribution in [3.05, 3.63) is 95.4 Å². The number of nitrogens with zero attached hydrogens (tertiary/aromatic N) is 2. The summed E-state index contributed by atoms with van der Waals surface area (Å²) in [6.45, 7) is 14.1. The van der Waals surface area contributed by atoms with Crippen LogP contribution in [-0.4, -0.2) is 36.4 Å². The van der Waals surface area contributed by atoms with Crippen molar-refractivity contribution in [2.45, 2.75) is 91.3 Å². The molecule has 1 saturated carbocycles. The number of aryl methyl sites for hydroxylation is 1. The molecular formula is C36H50F3N3O. The van der Waals surface area contributed by atoms with E-state index in [-0.39, 0.29) is 6.92 Å². The minimum absolute atomic E-state index is 0.188. The minimum Gasteiger partial charge on any atom is -0.382 e. The fourth-order valence-corrected chi connectivity index (χ4v) is 5.53. The Labute approximate surface area is 257 Å². The third kappa shape index (κ3) is 13.0. The summed E-state index contributed by atoms with van der Waals surface area (Å²) >= 11 is 0. The molecule has 7 heteroatoms. The van der Waals surface area contributed by atoms with Gasteiger partial charge in [-0.15, -0.1) is 0 Å². The molecule has 2 aliphatic rings. The molecule has 1 N–H and O–H groups in total. The summed E-state index contributed by atoms with van der Waals surface area (Å²) < 4.78 is 31.1. The van der Waals surface area contributed by atoms with Crippen LogP contribution < -0.4 is 5.32 Å². The van der Waals surface area contributed by atoms with E-state index < -0.39 is 6.18 Å². The lowest BCUT2D eigenvalue weighted by atomic mass is 9.82. The van der Waals surface area contributed by atoms with Crippen molar-refractivity contribution >= 4 is 5.71 Å². The normalized spacial score (nSPS) is 17.8. The van der Waals surface area contributed by atoms with Crippen molar-refractivity contribution in [1.82, 2.24) is 10.2 Å². The van der Waals surface area contributed by atoms with Crippen LogP contribution in [0.5, 0.6) is 0 Å². The van der Waals surface area contributed by atoms with Gasteiger partial charge in [0, 0.05) is 31.5 Å². The lowest BCUT2D eigenvalue weighted by molar-refractivity contribution is -0.110. The number of oxime groups is 1. The lowest BCUT2D eigenvalue weighted by Crippen LogP contribution is -2.37. The monoisotopic (exact) mass is 597 g/mol. The Hall–Kier alpha value is -3.06. The quantitative estimate of drug-likeness (QED) is 0.142. The van der Waals surface area contributed by atoms with Gasteiger partial charge >= 0.3 is 6.18 Å². The van der Waals surface area contributed by atoms with Crippen molar-refractivity contribution in [3.8, 4) is 0 Å². The second-order valence-electron chi connectivity index (χ2n) is 12.0. The van der Waals surface area contributed by atoms with Gasteiger partial charge in [0.15, 0.2) is 0 Å². The van der Waals surface area contributed by atoms with Crippen molar-refractivity contribution in [2.75, 3.05) is 19.6 Å². The molecule has 1 aliphatic heterocycles. The molecular weight excluding hydrogens is 547 g/mol. The molecule has 2 aromatic carbocycles. The van der Waals surface area contributed by atoms with E-state index in [1.165, 1.54) is 41.6 Å². The fraction of sp³-hybridized carbons (Fsp3) is 0.528. The van der Waals surface area contributed by atoms with Gasteiger partial charge < -0.3 is 15.1 Å². The van der Waals surface area contributed by atoms with E-state index in [9.17, 15) is 13.2 Å². The number of alkyl halides is 3. The fourth-order valence-electron chi connectivity index (χ4n) is 5.53. The molecule has 236 valence electrons. The Morgan fingerprint density at radius 1 is 1.05 bits per heavy atom. The first-order valence-electron chi connectivity index (χ1n) is 15.8. The average Bonchev–Trinajstić information content (AvgIpc) is 2.94. The molecule has 2 aromatic rings. The predicted octanol–water partition coefficient (Wildman–Crippen LogP) is 9.54. The van der Waals surface area contributed by atoms with Crippen LogP contribution in [0.4, 0.5) is 13.2 Å². The molecule has 0 spiro atoms. The lowest BCUT2D eigenvalue weighted by Gasteiger charge is -2.35. The van der Waals surface area contributed by atoms with Gasteiger partial charge in [0.1, 0.15) is 5.76 Å². The number of piperidine rings is 1. The number of rotatable bonds is 13. The molecule has 1 atom stereocenters. The first kappa shape index (κ1) is 34.4. The summed E-state index contributed by atoms with van der Waals surface area (Å²) in [7, 11) is 0. The van der Waals surface area contributed by atoms with Crippen molar-refractivity contribution in [2.24, 2.45) is 17.0 Å². The Balaban J connectivity index is 0.000000934. The summed E-state index contributed by atoms with van der Waals surface area (Å²) in [5, 5.41) is 8.36. The maximum absolute atomic E-state index is 10.4. The van der Waals surface area contributed by atoms with Crippen molar-refractivity contribution in [3.63, 3.8) is 0 Å². The zero-order valence-electron chi connectivity index (χ0n) is 26.4. The van der Waals surface area contributed by atoms with Crippen LogP contribution >= 0.6 is 0 Å². The largest absolute Gasteiger partial charge is 0.386 e. The number of hydrogen-bond donors (Lipinski definition) is 1. The second kappa shape index (κ2) is 17.3. The van der Waals surface area contributed by atoms with Gasteiger partial charge in [0.2, 0.25) is 0 Å². The number of allylic oxidation sites excluding steroid dienone is 3. The smallest absolute Gasteiger partial charge is 0.382 e. The molecule has 43 heavy (non-hydrogen) atoms. The van der Waals surface area contributed by atoms with Crippen LogP contribution in [-0.2, 0) is 11.3 Å². The zero-order chi connectivity index (χ0) is 31.2. The van der Waals surface area contributed by atoms with E-state index >= 15 is 0 Å². The molecule has 2 fully saturated rings. The minimum atomic E-state index is -4.00. The highest BCUT2D eigenvalue weighted by atomic mass is 19.4. The van der Waals surface area contributed by atoms with Crippen LogP contribution in [0.15, 0.2) is 83.9 Å². The van der Waals surface area contributed by atoms with Gasteiger partial charge in [0.25, 0.3) is 0 Å². The highest BCUT2D eigenvalue weighted by Crippen LogP contribution is 2.34. The van der Waals surface area contributed by atoms with Gasteiger partial charge in [0.05, 0.1) is 11.8 Å². The van der Waals surface area contributed by atoms with E-state index in [0.717, 1.165) is 69.1 Å². The van der Waals surface area contributed by atoms with Gasteiger partial charge in [-0.25, -0.2) is 0 Å². The summed E-state index contributed by atoms with van der Waals surface area (Å²) in [5.74, 6) is 1.92. The number of halogens is 3. The van der Waals surface area contributed by atoms with E-state index in [2.05, 4.69) is 96.5 Å². The van der Waals surface area contributed by atoms with Crippen molar-refractivity contribution < 1.29 is 18.0 Å². The maximum atomic E-state index is 10.4.